The van der Waals surface area contributed by atoms with Crippen LogP contribution >= 0.6 is 23.4 Å². The minimum Gasteiger partial charge on any atom is -0.493 e. The van der Waals surface area contributed by atoms with Gasteiger partial charge in [-0.1, -0.05) is 23.7 Å². The molecule has 242 valence electrons. The fourth-order valence-corrected chi connectivity index (χ4v) is 8.01. The molecular weight excluding hydrogens is 637 g/mol. The molecule has 0 radical (unpaired) electrons. The Balaban J connectivity index is 1.36. The lowest BCUT2D eigenvalue weighted by molar-refractivity contribution is 0.0684. The van der Waals surface area contributed by atoms with Crippen LogP contribution < -0.4 is 4.74 Å². The quantitative estimate of drug-likeness (QED) is 0.190. The summed E-state index contributed by atoms with van der Waals surface area (Å²) < 4.78 is 27.0. The van der Waals surface area contributed by atoms with E-state index in [-0.39, 0.29) is 11.5 Å². The molecule has 0 spiro atoms. The number of aryl methyl sites for hydroxylation is 6. The Hall–Kier alpha value is -4.28. The van der Waals surface area contributed by atoms with Gasteiger partial charge in [-0.05, 0) is 80.6 Å². The van der Waals surface area contributed by atoms with Gasteiger partial charge in [-0.15, -0.1) is 11.8 Å². The molecule has 3 aromatic carbocycles. The molecule has 0 saturated carbocycles. The van der Waals surface area contributed by atoms with Crippen molar-refractivity contribution in [3.8, 4) is 16.9 Å². The first-order valence-corrected chi connectivity index (χ1v) is 17.2. The van der Waals surface area contributed by atoms with Crippen molar-refractivity contribution in [3.63, 3.8) is 0 Å². The first-order valence-electron chi connectivity index (χ1n) is 15.6. The maximum absolute atomic E-state index is 15.0. The molecule has 1 aliphatic rings. The zero-order valence-corrected chi connectivity index (χ0v) is 28.3. The lowest BCUT2D eigenvalue weighted by Crippen LogP contribution is -2.12. The number of rotatable bonds is 1. The summed E-state index contributed by atoms with van der Waals surface area (Å²) in [5, 5.41) is 22.7. The van der Waals surface area contributed by atoms with Crippen LogP contribution in [0.1, 0.15) is 50.8 Å². The first-order chi connectivity index (χ1) is 22.6. The van der Waals surface area contributed by atoms with Crippen molar-refractivity contribution in [2.24, 2.45) is 14.1 Å². The number of thioether (sulfide) groups is 1. The largest absolute Gasteiger partial charge is 0.493 e. The van der Waals surface area contributed by atoms with Crippen molar-refractivity contribution >= 4 is 51.0 Å². The number of hydrogen-bond donors (Lipinski definition) is 1. The lowest BCUT2D eigenvalue weighted by atomic mass is 9.97. The van der Waals surface area contributed by atoms with E-state index in [0.717, 1.165) is 56.8 Å². The zero-order valence-electron chi connectivity index (χ0n) is 26.7. The van der Waals surface area contributed by atoms with Gasteiger partial charge in [0.15, 0.2) is 0 Å². The second kappa shape index (κ2) is 12.4. The van der Waals surface area contributed by atoms with Crippen LogP contribution in [-0.4, -0.2) is 41.8 Å². The van der Waals surface area contributed by atoms with Crippen molar-refractivity contribution in [2.45, 2.75) is 51.2 Å². The molecule has 0 amide bonds. The Labute approximate surface area is 281 Å². The molecule has 6 aromatic rings. The van der Waals surface area contributed by atoms with Gasteiger partial charge in [0.25, 0.3) is 0 Å². The Bertz CT molecular complexity index is 2200. The molecule has 0 fully saturated rings. The van der Waals surface area contributed by atoms with Gasteiger partial charge in [0.05, 0.1) is 18.0 Å². The number of carbonyl (C=O) groups is 1. The minimum atomic E-state index is -1.00. The SMILES string of the molecule is Cc1c(C(=O)O)n2c3ccc(Cl)c(c13)-c1c(nn(C)c1C)CSCc1cc(n(C)n1)CCc1cc(c3cccc(F)c3c1)OCCC2. The lowest BCUT2D eigenvalue weighted by Gasteiger charge is -2.14. The number of halogens is 2. The molecule has 0 saturated heterocycles. The van der Waals surface area contributed by atoms with E-state index in [1.165, 1.54) is 6.07 Å². The van der Waals surface area contributed by atoms with E-state index in [9.17, 15) is 9.90 Å². The van der Waals surface area contributed by atoms with Gasteiger partial charge < -0.3 is 14.4 Å². The van der Waals surface area contributed by atoms with Gasteiger partial charge in [-0.2, -0.15) is 10.2 Å². The molecule has 1 N–H and O–H groups in total. The van der Waals surface area contributed by atoms with Crippen molar-refractivity contribution in [1.82, 2.24) is 24.1 Å². The molecule has 0 unspecified atom stereocenters. The van der Waals surface area contributed by atoms with Gasteiger partial charge >= 0.3 is 5.97 Å². The molecule has 1 aliphatic heterocycles. The zero-order chi connectivity index (χ0) is 33.0. The molecular formula is C36H35ClFN5O3S. The third kappa shape index (κ3) is 5.57. The van der Waals surface area contributed by atoms with Gasteiger partial charge in [0.2, 0.25) is 0 Å². The standard InChI is InChI=1S/C36H35ClFN5O3S/c1-20-32-30-12-11-27(37)34(32)33-21(2)41(3)40-29(33)19-47-18-23-17-24(42(4)39-23)10-9-22-15-26-25(7-5-8-28(26)38)31(16-22)46-14-6-13-43(30)35(20)36(44)45/h5,7-8,11-12,15-17H,6,9-10,13-14,18-19H2,1-4H3,(H,44,45). The average molecular weight is 672 g/mol. The van der Waals surface area contributed by atoms with E-state index in [0.29, 0.717) is 64.6 Å². The number of nitrogens with zero attached hydrogens (tertiary/aromatic N) is 5. The van der Waals surface area contributed by atoms with Crippen LogP contribution in [0.2, 0.25) is 5.02 Å². The van der Waals surface area contributed by atoms with Crippen molar-refractivity contribution < 1.29 is 19.0 Å². The Morgan fingerprint density at radius 2 is 1.83 bits per heavy atom. The topological polar surface area (TPSA) is 87.1 Å². The summed E-state index contributed by atoms with van der Waals surface area (Å²) in [5.74, 6) is 0.646. The molecule has 8 nitrogen and oxygen atoms in total. The van der Waals surface area contributed by atoms with E-state index >= 15 is 4.39 Å². The highest BCUT2D eigenvalue weighted by molar-refractivity contribution is 7.97. The Morgan fingerprint density at radius 3 is 2.64 bits per heavy atom. The molecule has 8 bridgehead atoms. The third-order valence-electron chi connectivity index (χ3n) is 9.22. The molecule has 4 heterocycles. The molecule has 47 heavy (non-hydrogen) atoms. The van der Waals surface area contributed by atoms with Gasteiger partial charge in [-0.3, -0.25) is 9.36 Å². The van der Waals surface area contributed by atoms with Crippen LogP contribution in [0.25, 0.3) is 32.8 Å². The first kappa shape index (κ1) is 31.3. The van der Waals surface area contributed by atoms with Gasteiger partial charge in [0, 0.05) is 81.4 Å². The molecule has 3 aromatic heterocycles. The summed E-state index contributed by atoms with van der Waals surface area (Å²) in [6.45, 7) is 4.60. The van der Waals surface area contributed by atoms with Gasteiger partial charge in [0.1, 0.15) is 17.3 Å². The van der Waals surface area contributed by atoms with Crippen LogP contribution in [0, 0.1) is 19.7 Å². The Morgan fingerprint density at radius 1 is 1.00 bits per heavy atom. The summed E-state index contributed by atoms with van der Waals surface area (Å²) in [4.78, 5) is 12.7. The van der Waals surface area contributed by atoms with Crippen LogP contribution in [-0.2, 0) is 45.0 Å². The second-order valence-electron chi connectivity index (χ2n) is 12.2. The number of benzene rings is 3. The minimum absolute atomic E-state index is 0.226. The van der Waals surface area contributed by atoms with E-state index in [4.69, 9.17) is 26.5 Å². The predicted molar refractivity (Wildman–Crippen MR) is 185 cm³/mol. The highest BCUT2D eigenvalue weighted by Crippen LogP contribution is 2.43. The third-order valence-corrected chi connectivity index (χ3v) is 10.5. The fourth-order valence-electron chi connectivity index (χ4n) is 6.91. The maximum atomic E-state index is 15.0. The molecule has 0 atom stereocenters. The summed E-state index contributed by atoms with van der Waals surface area (Å²) in [6, 6.07) is 14.8. The van der Waals surface area contributed by atoms with Crippen molar-refractivity contribution in [2.75, 3.05) is 6.61 Å². The number of hydrogen-bond acceptors (Lipinski definition) is 5. The van der Waals surface area contributed by atoms with E-state index < -0.39 is 5.97 Å². The highest BCUT2D eigenvalue weighted by Gasteiger charge is 2.27. The number of fused-ring (bicyclic) bond motifs is 8. The molecule has 7 rings (SSSR count). The Kier molecular flexibility index (Phi) is 8.26. The summed E-state index contributed by atoms with van der Waals surface area (Å²) in [6.07, 6.45) is 1.98. The fraction of sp³-hybridized carbons (Fsp3) is 0.306. The normalized spacial score (nSPS) is 14.3. The summed E-state index contributed by atoms with van der Waals surface area (Å²) >= 11 is 8.69. The number of aromatic carboxylic acids is 1. The summed E-state index contributed by atoms with van der Waals surface area (Å²) in [5.41, 5.74) is 8.31. The number of carboxylic acid groups (broad SMARTS) is 1. The molecule has 0 aliphatic carbocycles. The number of ether oxygens (including phenoxy) is 1. The van der Waals surface area contributed by atoms with Crippen molar-refractivity contribution in [3.05, 3.63) is 99.0 Å². The number of carboxylic acids is 1. The van der Waals surface area contributed by atoms with Crippen LogP contribution in [0.3, 0.4) is 0 Å². The highest BCUT2D eigenvalue weighted by atomic mass is 35.5. The summed E-state index contributed by atoms with van der Waals surface area (Å²) in [7, 11) is 3.88. The smallest absolute Gasteiger partial charge is 0.352 e. The monoisotopic (exact) mass is 671 g/mol. The van der Waals surface area contributed by atoms with Crippen molar-refractivity contribution in [1.29, 1.82) is 0 Å². The van der Waals surface area contributed by atoms with Crippen LogP contribution in [0.15, 0.2) is 48.5 Å². The van der Waals surface area contributed by atoms with Crippen LogP contribution in [0.4, 0.5) is 4.39 Å². The van der Waals surface area contributed by atoms with Gasteiger partial charge in [-0.25, -0.2) is 9.18 Å². The second-order valence-corrected chi connectivity index (χ2v) is 13.5. The van der Waals surface area contributed by atoms with E-state index in [2.05, 4.69) is 6.07 Å². The predicted octanol–water partition coefficient (Wildman–Crippen LogP) is 8.04. The van der Waals surface area contributed by atoms with E-state index in [1.54, 1.807) is 17.8 Å². The average Bonchev–Trinajstić information content (AvgIpc) is 3.63. The maximum Gasteiger partial charge on any atom is 0.352 e. The number of aromatic nitrogens is 5. The molecule has 11 heteroatoms. The van der Waals surface area contributed by atoms with Crippen LogP contribution in [0.5, 0.6) is 5.75 Å². The van der Waals surface area contributed by atoms with E-state index in [1.807, 2.05) is 72.2 Å².